The molecule has 1 rings (SSSR count). The van der Waals surface area contributed by atoms with Crippen LogP contribution in [0.15, 0.2) is 11.4 Å². The maximum atomic E-state index is 5.41. The van der Waals surface area contributed by atoms with E-state index >= 15 is 0 Å². The smallest absolute Gasteiger partial charge is 0.104 e. The molecule has 2 heteroatoms. The zero-order valence-corrected chi connectivity index (χ0v) is 8.24. The van der Waals surface area contributed by atoms with Crippen molar-refractivity contribution in [2.45, 2.75) is 19.9 Å². The van der Waals surface area contributed by atoms with Gasteiger partial charge in [-0.15, -0.1) is 17.8 Å². The van der Waals surface area contributed by atoms with Crippen LogP contribution >= 0.6 is 11.3 Å². The lowest BCUT2D eigenvalue weighted by atomic mass is 10.2. The van der Waals surface area contributed by atoms with Crippen LogP contribution in [0.4, 0.5) is 0 Å². The molecule has 0 aromatic carbocycles. The Balaban J connectivity index is 2.81. The summed E-state index contributed by atoms with van der Waals surface area (Å²) in [4.78, 5) is 1.26. The van der Waals surface area contributed by atoms with Gasteiger partial charge >= 0.3 is 0 Å². The summed E-state index contributed by atoms with van der Waals surface area (Å²) in [6.07, 6.45) is 5.41. The highest BCUT2D eigenvalue weighted by Crippen LogP contribution is 2.22. The van der Waals surface area contributed by atoms with Gasteiger partial charge in [-0.3, -0.25) is 5.32 Å². The third-order valence-corrected chi connectivity index (χ3v) is 2.82. The van der Waals surface area contributed by atoms with Gasteiger partial charge in [0.05, 0.1) is 0 Å². The average Bonchev–Trinajstić information content (AvgIpc) is 2.47. The zero-order chi connectivity index (χ0) is 8.97. The van der Waals surface area contributed by atoms with E-state index in [0.717, 1.165) is 6.54 Å². The number of hydrogen-bond donors (Lipinski definition) is 1. The van der Waals surface area contributed by atoms with E-state index in [1.165, 1.54) is 10.4 Å². The first-order valence-electron chi connectivity index (χ1n) is 4.03. The molecule has 0 fully saturated rings. The molecular weight excluding hydrogens is 166 g/mol. The van der Waals surface area contributed by atoms with Crippen LogP contribution in [0.1, 0.15) is 23.4 Å². The van der Waals surface area contributed by atoms with Crippen LogP contribution in [0.5, 0.6) is 0 Å². The summed E-state index contributed by atoms with van der Waals surface area (Å²) in [7, 11) is 0. The number of aryl methyl sites for hydroxylation is 1. The minimum atomic E-state index is 0.0926. The second-order valence-electron chi connectivity index (χ2n) is 2.63. The van der Waals surface area contributed by atoms with E-state index in [1.807, 2.05) is 0 Å². The number of rotatable bonds is 3. The summed E-state index contributed by atoms with van der Waals surface area (Å²) >= 11 is 1.72. The van der Waals surface area contributed by atoms with Gasteiger partial charge in [0.25, 0.3) is 0 Å². The Bertz CT molecular complexity index is 282. The molecule has 1 nitrogen and oxygen atoms in total. The first-order chi connectivity index (χ1) is 5.79. The third-order valence-electron chi connectivity index (χ3n) is 1.74. The van der Waals surface area contributed by atoms with Gasteiger partial charge in [-0.05, 0) is 30.5 Å². The zero-order valence-electron chi connectivity index (χ0n) is 7.42. The van der Waals surface area contributed by atoms with Gasteiger partial charge in [0.2, 0.25) is 0 Å². The van der Waals surface area contributed by atoms with E-state index in [9.17, 15) is 0 Å². The molecule has 12 heavy (non-hydrogen) atoms. The Hall–Kier alpha value is -0.780. The molecular formula is C10H13NS. The molecule has 0 saturated heterocycles. The summed E-state index contributed by atoms with van der Waals surface area (Å²) in [5, 5.41) is 5.33. The minimum absolute atomic E-state index is 0.0926. The van der Waals surface area contributed by atoms with E-state index < -0.39 is 0 Å². The molecule has 0 saturated carbocycles. The molecule has 1 heterocycles. The van der Waals surface area contributed by atoms with Crippen LogP contribution in [0.3, 0.4) is 0 Å². The first kappa shape index (κ1) is 9.31. The quantitative estimate of drug-likeness (QED) is 0.702. The van der Waals surface area contributed by atoms with E-state index in [0.29, 0.717) is 0 Å². The Morgan fingerprint density at radius 3 is 2.92 bits per heavy atom. The van der Waals surface area contributed by atoms with Crippen molar-refractivity contribution in [1.82, 2.24) is 5.32 Å². The fourth-order valence-electron chi connectivity index (χ4n) is 1.11. The number of thiophene rings is 1. The lowest BCUT2D eigenvalue weighted by Crippen LogP contribution is -2.18. The number of nitrogens with one attached hydrogen (secondary N) is 1. The number of hydrogen-bond acceptors (Lipinski definition) is 2. The second kappa shape index (κ2) is 4.30. The molecule has 1 N–H and O–H groups in total. The molecule has 1 aromatic heterocycles. The van der Waals surface area contributed by atoms with E-state index in [2.05, 4.69) is 36.5 Å². The van der Waals surface area contributed by atoms with Gasteiger partial charge in [0.1, 0.15) is 6.04 Å². The van der Waals surface area contributed by atoms with E-state index in [-0.39, 0.29) is 6.04 Å². The van der Waals surface area contributed by atoms with Crippen molar-refractivity contribution in [2.75, 3.05) is 6.54 Å². The molecule has 64 valence electrons. The van der Waals surface area contributed by atoms with Gasteiger partial charge in [-0.2, -0.15) is 0 Å². The topological polar surface area (TPSA) is 12.0 Å². The van der Waals surface area contributed by atoms with Crippen molar-refractivity contribution in [2.24, 2.45) is 0 Å². The molecule has 1 aromatic rings. The summed E-state index contributed by atoms with van der Waals surface area (Å²) in [5.41, 5.74) is 1.28. The van der Waals surface area contributed by atoms with Gasteiger partial charge in [-0.1, -0.05) is 12.8 Å². The number of terminal acetylenes is 1. The van der Waals surface area contributed by atoms with E-state index in [4.69, 9.17) is 6.42 Å². The highest BCUT2D eigenvalue weighted by atomic mass is 32.1. The summed E-state index contributed by atoms with van der Waals surface area (Å²) in [6, 6.07) is 2.19. The minimum Gasteiger partial charge on any atom is -0.300 e. The van der Waals surface area contributed by atoms with Crippen LogP contribution in [0.25, 0.3) is 0 Å². The molecule has 0 radical (unpaired) electrons. The van der Waals surface area contributed by atoms with Crippen molar-refractivity contribution in [3.8, 4) is 12.3 Å². The van der Waals surface area contributed by atoms with E-state index in [1.54, 1.807) is 11.3 Å². The summed E-state index contributed by atoms with van der Waals surface area (Å²) in [6.45, 7) is 5.06. The maximum Gasteiger partial charge on any atom is 0.104 e. The predicted molar refractivity (Wildman–Crippen MR) is 54.3 cm³/mol. The van der Waals surface area contributed by atoms with Crippen LogP contribution in [0.2, 0.25) is 0 Å². The monoisotopic (exact) mass is 179 g/mol. The lowest BCUT2D eigenvalue weighted by Gasteiger charge is -2.09. The van der Waals surface area contributed by atoms with Crippen LogP contribution < -0.4 is 5.32 Å². The Morgan fingerprint density at radius 2 is 2.50 bits per heavy atom. The van der Waals surface area contributed by atoms with Gasteiger partial charge < -0.3 is 0 Å². The molecule has 0 bridgehead atoms. The normalized spacial score (nSPS) is 12.4. The largest absolute Gasteiger partial charge is 0.300 e. The Morgan fingerprint density at radius 1 is 1.75 bits per heavy atom. The van der Waals surface area contributed by atoms with Crippen LogP contribution in [0, 0.1) is 19.3 Å². The first-order valence-corrected chi connectivity index (χ1v) is 4.91. The molecule has 0 aliphatic carbocycles. The Labute approximate surface area is 77.8 Å². The van der Waals surface area contributed by atoms with Crippen molar-refractivity contribution in [3.63, 3.8) is 0 Å². The molecule has 1 unspecified atom stereocenters. The highest BCUT2D eigenvalue weighted by molar-refractivity contribution is 7.10. The van der Waals surface area contributed by atoms with Crippen LogP contribution in [-0.2, 0) is 0 Å². The SMILES string of the molecule is C#CC(NCC)c1sccc1C. The molecule has 0 amide bonds. The lowest BCUT2D eigenvalue weighted by molar-refractivity contribution is 0.671. The third kappa shape index (κ3) is 1.88. The van der Waals surface area contributed by atoms with Gasteiger partial charge in [-0.25, -0.2) is 0 Å². The highest BCUT2D eigenvalue weighted by Gasteiger charge is 2.09. The standard InChI is InChI=1S/C10H13NS/c1-4-9(11-5-2)10-8(3)6-7-12-10/h1,6-7,9,11H,5H2,2-3H3. The van der Waals surface area contributed by atoms with Crippen molar-refractivity contribution in [3.05, 3.63) is 21.9 Å². The fraction of sp³-hybridized carbons (Fsp3) is 0.400. The average molecular weight is 179 g/mol. The summed E-state index contributed by atoms with van der Waals surface area (Å²) < 4.78 is 0. The molecule has 0 spiro atoms. The fourth-order valence-corrected chi connectivity index (χ4v) is 2.07. The molecule has 1 atom stereocenters. The van der Waals surface area contributed by atoms with Crippen molar-refractivity contribution < 1.29 is 0 Å². The molecule has 0 aliphatic heterocycles. The maximum absolute atomic E-state index is 5.41. The molecule has 0 aliphatic rings. The predicted octanol–water partition coefficient (Wildman–Crippen LogP) is 2.34. The van der Waals surface area contributed by atoms with Crippen molar-refractivity contribution >= 4 is 11.3 Å². The second-order valence-corrected chi connectivity index (χ2v) is 3.57. The summed E-state index contributed by atoms with van der Waals surface area (Å²) in [5.74, 6) is 2.75. The van der Waals surface area contributed by atoms with Crippen molar-refractivity contribution in [1.29, 1.82) is 0 Å². The Kier molecular flexibility index (Phi) is 3.33. The van der Waals surface area contributed by atoms with Gasteiger partial charge in [0, 0.05) is 4.88 Å². The van der Waals surface area contributed by atoms with Crippen LogP contribution in [-0.4, -0.2) is 6.54 Å². The van der Waals surface area contributed by atoms with Gasteiger partial charge in [0.15, 0.2) is 0 Å².